The summed E-state index contributed by atoms with van der Waals surface area (Å²) in [7, 11) is 1.57. The Morgan fingerprint density at radius 3 is 2.79 bits per heavy atom. The van der Waals surface area contributed by atoms with E-state index in [4.69, 9.17) is 4.74 Å². The van der Waals surface area contributed by atoms with Crippen molar-refractivity contribution in [2.45, 2.75) is 64.3 Å². The molecule has 0 radical (unpaired) electrons. The van der Waals surface area contributed by atoms with Crippen LogP contribution >= 0.6 is 0 Å². The average Bonchev–Trinajstić information content (AvgIpc) is 2.62. The third kappa shape index (κ3) is 6.84. The Kier molecular flexibility index (Phi) is 8.55. The van der Waals surface area contributed by atoms with Gasteiger partial charge in [-0.15, -0.1) is 5.92 Å². The minimum atomic E-state index is 0.190. The average molecular weight is 329 g/mol. The minimum Gasteiger partial charge on any atom is -0.504 e. The van der Waals surface area contributed by atoms with Gasteiger partial charge in [-0.3, -0.25) is 0 Å². The van der Waals surface area contributed by atoms with E-state index in [-0.39, 0.29) is 5.75 Å². The third-order valence-electron chi connectivity index (χ3n) is 4.64. The van der Waals surface area contributed by atoms with Gasteiger partial charge in [0.25, 0.3) is 0 Å². The van der Waals surface area contributed by atoms with Crippen LogP contribution in [0.3, 0.4) is 0 Å². The monoisotopic (exact) mass is 329 g/mol. The van der Waals surface area contributed by atoms with E-state index in [1.807, 2.05) is 12.1 Å². The summed E-state index contributed by atoms with van der Waals surface area (Å²) in [5, 5.41) is 13.0. The number of hydrogen-bond acceptors (Lipinski definition) is 3. The highest BCUT2D eigenvalue weighted by molar-refractivity contribution is 5.41. The maximum Gasteiger partial charge on any atom is 0.160 e. The van der Waals surface area contributed by atoms with Gasteiger partial charge in [0.05, 0.1) is 7.11 Å². The lowest BCUT2D eigenvalue weighted by molar-refractivity contribution is 0.372. The number of phenolic OH excluding ortho intramolecular Hbond substituents is 1. The Morgan fingerprint density at radius 2 is 2.00 bits per heavy atom. The predicted molar refractivity (Wildman–Crippen MR) is 99.2 cm³/mol. The normalized spacial score (nSPS) is 14.9. The van der Waals surface area contributed by atoms with E-state index in [1.54, 1.807) is 13.2 Å². The molecule has 0 unspecified atom stereocenters. The van der Waals surface area contributed by atoms with Gasteiger partial charge in [-0.25, -0.2) is 0 Å². The summed E-state index contributed by atoms with van der Waals surface area (Å²) in [5.74, 6) is 8.25. The number of phenols is 1. The molecule has 1 aliphatic carbocycles. The Balaban J connectivity index is 1.50. The number of ether oxygens (including phenoxy) is 1. The van der Waals surface area contributed by atoms with Crippen molar-refractivity contribution in [3.05, 3.63) is 23.8 Å². The first-order chi connectivity index (χ1) is 11.8. The molecule has 1 aromatic carbocycles. The summed E-state index contributed by atoms with van der Waals surface area (Å²) >= 11 is 0. The zero-order chi connectivity index (χ0) is 17.0. The molecule has 0 amide bonds. The molecule has 2 rings (SSSR count). The second-order valence-electron chi connectivity index (χ2n) is 6.65. The Bertz CT molecular complexity index is 539. The molecule has 3 heteroatoms. The van der Waals surface area contributed by atoms with Crippen LogP contribution in [0.15, 0.2) is 18.2 Å². The summed E-state index contributed by atoms with van der Waals surface area (Å²) in [5.41, 5.74) is 1.13. The topological polar surface area (TPSA) is 41.5 Å². The molecule has 0 heterocycles. The van der Waals surface area contributed by atoms with Gasteiger partial charge in [0.2, 0.25) is 0 Å². The lowest BCUT2D eigenvalue weighted by atomic mass is 9.90. The summed E-state index contributed by atoms with van der Waals surface area (Å²) in [6, 6.07) is 5.48. The standard InChI is InChI=1S/C21H31NO2/c1-24-21-16-19(13-14-20(21)23)17-22-15-9-4-2-3-6-10-18-11-7-5-8-12-18/h13-14,16,18,22-23H,2-5,7-9,11-12,15,17H2,1H3. The van der Waals surface area contributed by atoms with Crippen molar-refractivity contribution >= 4 is 0 Å². The number of aromatic hydroxyl groups is 1. The fourth-order valence-corrected chi connectivity index (χ4v) is 3.17. The molecule has 1 fully saturated rings. The highest BCUT2D eigenvalue weighted by Crippen LogP contribution is 2.26. The zero-order valence-electron chi connectivity index (χ0n) is 14.9. The summed E-state index contributed by atoms with van der Waals surface area (Å²) in [6.45, 7) is 1.82. The number of hydrogen-bond donors (Lipinski definition) is 2. The van der Waals surface area contributed by atoms with Crippen molar-refractivity contribution in [2.24, 2.45) is 5.92 Å². The van der Waals surface area contributed by atoms with E-state index >= 15 is 0 Å². The largest absolute Gasteiger partial charge is 0.504 e. The van der Waals surface area contributed by atoms with Gasteiger partial charge in [-0.2, -0.15) is 0 Å². The second kappa shape index (κ2) is 11.0. The molecule has 1 aromatic rings. The Hall–Kier alpha value is -1.66. The van der Waals surface area contributed by atoms with Crippen LogP contribution in [0.4, 0.5) is 0 Å². The molecular formula is C21H31NO2. The predicted octanol–water partition coefficient (Wildman–Crippen LogP) is 4.63. The van der Waals surface area contributed by atoms with E-state index in [0.29, 0.717) is 11.7 Å². The summed E-state index contributed by atoms with van der Waals surface area (Å²) in [6.07, 6.45) is 11.4. The van der Waals surface area contributed by atoms with Gasteiger partial charge in [0.1, 0.15) is 0 Å². The van der Waals surface area contributed by atoms with Gasteiger partial charge >= 0.3 is 0 Å². The lowest BCUT2D eigenvalue weighted by Crippen LogP contribution is -2.14. The van der Waals surface area contributed by atoms with Gasteiger partial charge in [-0.05, 0) is 49.9 Å². The molecule has 0 aliphatic heterocycles. The van der Waals surface area contributed by atoms with Crippen LogP contribution < -0.4 is 10.1 Å². The van der Waals surface area contributed by atoms with E-state index in [2.05, 4.69) is 17.2 Å². The van der Waals surface area contributed by atoms with Crippen LogP contribution in [0.25, 0.3) is 0 Å². The Labute approximate surface area is 146 Å². The van der Waals surface area contributed by atoms with E-state index in [9.17, 15) is 5.11 Å². The van der Waals surface area contributed by atoms with Crippen LogP contribution in [0.2, 0.25) is 0 Å². The van der Waals surface area contributed by atoms with Crippen LogP contribution in [-0.2, 0) is 6.54 Å². The lowest BCUT2D eigenvalue weighted by Gasteiger charge is -2.15. The molecular weight excluding hydrogens is 298 g/mol. The van der Waals surface area contributed by atoms with Crippen LogP contribution in [-0.4, -0.2) is 18.8 Å². The first-order valence-corrected chi connectivity index (χ1v) is 9.34. The highest BCUT2D eigenvalue weighted by Gasteiger charge is 2.09. The van der Waals surface area contributed by atoms with Gasteiger partial charge in [0, 0.05) is 18.9 Å². The zero-order valence-corrected chi connectivity index (χ0v) is 14.9. The molecule has 1 saturated carbocycles. The van der Waals surface area contributed by atoms with E-state index < -0.39 is 0 Å². The van der Waals surface area contributed by atoms with Crippen molar-refractivity contribution in [3.63, 3.8) is 0 Å². The molecule has 0 aromatic heterocycles. The summed E-state index contributed by atoms with van der Waals surface area (Å²) in [4.78, 5) is 0. The molecule has 0 saturated heterocycles. The van der Waals surface area contributed by atoms with Crippen molar-refractivity contribution in [3.8, 4) is 23.3 Å². The third-order valence-corrected chi connectivity index (χ3v) is 4.64. The van der Waals surface area contributed by atoms with Crippen LogP contribution in [0.1, 0.15) is 63.4 Å². The molecule has 2 N–H and O–H groups in total. The van der Waals surface area contributed by atoms with Crippen molar-refractivity contribution in [1.82, 2.24) is 5.32 Å². The number of rotatable bonds is 8. The fourth-order valence-electron chi connectivity index (χ4n) is 3.17. The first kappa shape index (κ1) is 18.7. The van der Waals surface area contributed by atoms with Crippen molar-refractivity contribution in [1.29, 1.82) is 0 Å². The molecule has 0 bridgehead atoms. The van der Waals surface area contributed by atoms with Crippen LogP contribution in [0, 0.1) is 17.8 Å². The summed E-state index contributed by atoms with van der Waals surface area (Å²) < 4.78 is 5.12. The number of nitrogens with one attached hydrogen (secondary N) is 1. The molecule has 0 atom stereocenters. The quantitative estimate of drug-likeness (QED) is 0.539. The van der Waals surface area contributed by atoms with E-state index in [0.717, 1.165) is 25.1 Å². The van der Waals surface area contributed by atoms with Crippen molar-refractivity contribution < 1.29 is 9.84 Å². The number of benzene rings is 1. The van der Waals surface area contributed by atoms with Crippen molar-refractivity contribution in [2.75, 3.05) is 13.7 Å². The minimum absolute atomic E-state index is 0.190. The molecule has 132 valence electrons. The van der Waals surface area contributed by atoms with Gasteiger partial charge in [-0.1, -0.05) is 37.7 Å². The molecule has 0 spiro atoms. The molecule has 1 aliphatic rings. The van der Waals surface area contributed by atoms with Crippen LogP contribution in [0.5, 0.6) is 11.5 Å². The second-order valence-corrected chi connectivity index (χ2v) is 6.65. The molecule has 3 nitrogen and oxygen atoms in total. The smallest absolute Gasteiger partial charge is 0.160 e. The molecule has 24 heavy (non-hydrogen) atoms. The maximum absolute atomic E-state index is 9.57. The van der Waals surface area contributed by atoms with Gasteiger partial charge < -0.3 is 15.2 Å². The Morgan fingerprint density at radius 1 is 1.17 bits per heavy atom. The SMILES string of the molecule is COc1cc(CNCCCCCC#CC2CCCCC2)ccc1O. The number of unbranched alkanes of at least 4 members (excludes halogenated alkanes) is 3. The first-order valence-electron chi connectivity index (χ1n) is 9.34. The fraction of sp³-hybridized carbons (Fsp3) is 0.619. The number of methoxy groups -OCH3 is 1. The van der Waals surface area contributed by atoms with E-state index in [1.165, 1.54) is 51.4 Å². The van der Waals surface area contributed by atoms with Gasteiger partial charge in [0.15, 0.2) is 11.5 Å². The highest BCUT2D eigenvalue weighted by atomic mass is 16.5. The maximum atomic E-state index is 9.57.